The number of ether oxygens (including phenoxy) is 3. The highest BCUT2D eigenvalue weighted by atomic mass is 19.4. The van der Waals surface area contributed by atoms with Crippen LogP contribution in [0.5, 0.6) is 0 Å². The van der Waals surface area contributed by atoms with E-state index in [-0.39, 0.29) is 112 Å². The number of fused-ring (bicyclic) bond motifs is 3. The number of aliphatic hydroxyl groups is 1. The molecule has 2 aliphatic heterocycles. The van der Waals surface area contributed by atoms with Gasteiger partial charge in [-0.3, -0.25) is 38.4 Å². The van der Waals surface area contributed by atoms with Crippen LogP contribution in [-0.4, -0.2) is 161 Å². The minimum atomic E-state index is -5.27. The molecule has 11 rings (SSSR count). The van der Waals surface area contributed by atoms with Gasteiger partial charge in [-0.15, -0.1) is 0 Å². The van der Waals surface area contributed by atoms with Gasteiger partial charge in [-0.25, -0.2) is 19.2 Å². The first-order valence-corrected chi connectivity index (χ1v) is 43.9. The number of alkyl halides is 6. The summed E-state index contributed by atoms with van der Waals surface area (Å²) in [6, 6.07) is 55.4. The number of Topliss-reactive ketones (excluding diaryl/α,β-unsaturated/α-hetero) is 1. The molecule has 2 fully saturated rings. The average molecular weight is 1890 g/mol. The van der Waals surface area contributed by atoms with Crippen LogP contribution in [0.3, 0.4) is 0 Å². The Morgan fingerprint density at radius 2 is 0.654 bits per heavy atom. The molecule has 736 valence electrons. The number of hydrogen-bond acceptors (Lipinski definition) is 16. The molecule has 27 nitrogen and oxygen atoms in total. The standard InChI is InChI=1S/C36H43F3N4O6.C36H41F3N4O6.C27H30N2O5.4CH4/c2*1-22(2)18-29(33(46)41-28(31(44)36(37,38)39)20-26-15-9-17-40-32(26)45)42-34(47)30(43-35(48)49-21-23-10-4-3-5-11-23)19-25-14-8-13-24-12-6-7-16-27(24)25;1-18(2)15-24(26(31)32)28-25(30)23(29-27(33)34-17-19-9-4-3-5-10-19)16-21-13-8-12-20-11-6-7-14-22(20)21;;;;/h3-8,10-14,16,22,26,28-31,44H,9,15,17-21H2,1-2H3,(H,40,45)(H,41,46)(H,42,47)(H,43,48);3-8,10-14,16,22,26,28-30H,9,15,17-21H2,1-2H3,(H,40,45)(H,41,46)(H,42,47)(H,43,48);3-14,18,23-24H,15-17H2,1-2H3,(H,28,30)(H,29,33)(H,31,32);4*1H4/t26-,28-,29-,30-,31?;26-,28-,29-,30-;23-,24-;;;;/m000..../s1. The number of rotatable bonds is 38. The normalized spacial score (nSPS) is 15.4. The number of carboxylic acid groups (broad SMARTS) is 1. The first kappa shape index (κ1) is 113. The zero-order valence-corrected chi connectivity index (χ0v) is 74.2. The first-order chi connectivity index (χ1) is 63.0. The lowest BCUT2D eigenvalue weighted by Gasteiger charge is -2.32. The van der Waals surface area contributed by atoms with Crippen molar-refractivity contribution in [2.24, 2.45) is 29.6 Å². The van der Waals surface area contributed by atoms with Crippen molar-refractivity contribution < 1.29 is 108 Å². The van der Waals surface area contributed by atoms with Crippen molar-refractivity contribution in [1.82, 2.24) is 53.2 Å². The number of carbonyl (C=O) groups excluding carboxylic acids is 11. The van der Waals surface area contributed by atoms with E-state index in [9.17, 15) is 94.1 Å². The molecule has 1 unspecified atom stereocenters. The fraction of sp³-hybridized carbons (Fsp3) is 0.417. The molecule has 136 heavy (non-hydrogen) atoms. The van der Waals surface area contributed by atoms with Gasteiger partial charge in [-0.05, 0) is 141 Å². The predicted octanol–water partition coefficient (Wildman–Crippen LogP) is 16.1. The van der Waals surface area contributed by atoms with Crippen LogP contribution in [0, 0.1) is 29.6 Å². The SMILES string of the molecule is C.C.C.C.CC(C)C[C@H](NC(=O)[C@H](Cc1cccc2ccccc12)NC(=O)OCc1ccccc1)C(=O)N[C@@H](C[C@@H]1CCCNC1=O)C(=O)C(F)(F)F.CC(C)C[C@H](NC(=O)[C@H](Cc1cccc2ccccc12)NC(=O)OCc1ccccc1)C(=O)N[C@@H](C[C@@H]1CCCNC1=O)C(O)C(F)(F)F.CC(C)C[C@H](NC(=O)[C@H](Cc1cccc2ccccc12)NC(=O)OCc1ccccc1)C(=O)O. The highest BCUT2D eigenvalue weighted by molar-refractivity contribution is 5.98. The van der Waals surface area contributed by atoms with Crippen molar-refractivity contribution in [2.45, 2.75) is 235 Å². The third-order valence-electron chi connectivity index (χ3n) is 22.2. The Hall–Kier alpha value is -13.5. The van der Waals surface area contributed by atoms with E-state index >= 15 is 0 Å². The number of carboxylic acids is 1. The predicted molar refractivity (Wildman–Crippen MR) is 510 cm³/mol. The van der Waals surface area contributed by atoms with Crippen LogP contribution in [-0.2, 0) is 96.4 Å². The van der Waals surface area contributed by atoms with Crippen LogP contribution in [0.15, 0.2) is 218 Å². The van der Waals surface area contributed by atoms with E-state index in [2.05, 4.69) is 53.2 Å². The molecule has 0 aromatic heterocycles. The van der Waals surface area contributed by atoms with Gasteiger partial charge in [0, 0.05) is 44.2 Å². The van der Waals surface area contributed by atoms with Gasteiger partial charge in [0.1, 0.15) is 56.1 Å². The summed E-state index contributed by atoms with van der Waals surface area (Å²) < 4.78 is 98.0. The van der Waals surface area contributed by atoms with E-state index in [1.54, 1.807) is 88.4 Å². The number of halogens is 6. The molecular formula is C103H130F6N10O17. The lowest BCUT2D eigenvalue weighted by atomic mass is 9.89. The molecule has 2 heterocycles. The monoisotopic (exact) mass is 1890 g/mol. The summed E-state index contributed by atoms with van der Waals surface area (Å²) in [6.07, 6.45) is -14.7. The number of alkyl carbamates (subject to hydrolysis) is 3. The third kappa shape index (κ3) is 36.1. The molecule has 0 bridgehead atoms. The molecule has 9 aromatic rings. The fourth-order valence-corrected chi connectivity index (χ4v) is 15.5. The molecular weight excluding hydrogens is 1760 g/mol. The molecule has 9 aromatic carbocycles. The molecule has 2 saturated heterocycles. The van der Waals surface area contributed by atoms with Gasteiger partial charge >= 0.3 is 36.6 Å². The third-order valence-corrected chi connectivity index (χ3v) is 22.2. The van der Waals surface area contributed by atoms with Gasteiger partial charge in [-0.2, -0.15) is 26.3 Å². The Morgan fingerprint density at radius 3 is 0.971 bits per heavy atom. The number of aliphatic carboxylic acids is 1. The summed E-state index contributed by atoms with van der Waals surface area (Å²) in [5, 5.41) is 50.5. The Labute approximate surface area is 790 Å². The number of nitrogens with one attached hydrogen (secondary N) is 10. The maximum absolute atomic E-state index is 13.9. The Bertz CT molecular complexity index is 5370. The summed E-state index contributed by atoms with van der Waals surface area (Å²) in [6.45, 7) is 11.5. The minimum Gasteiger partial charge on any atom is -0.480 e. The van der Waals surface area contributed by atoms with E-state index < -0.39 is 163 Å². The smallest absolute Gasteiger partial charge is 0.452 e. The van der Waals surface area contributed by atoms with E-state index in [0.717, 1.165) is 60.1 Å². The zero-order valence-electron chi connectivity index (χ0n) is 74.2. The highest BCUT2D eigenvalue weighted by Crippen LogP contribution is 2.31. The van der Waals surface area contributed by atoms with E-state index in [4.69, 9.17) is 14.2 Å². The average Bonchev–Trinajstić information content (AvgIpc) is 0.828. The highest BCUT2D eigenvalue weighted by Gasteiger charge is 2.48. The van der Waals surface area contributed by atoms with Crippen LogP contribution in [0.4, 0.5) is 40.7 Å². The van der Waals surface area contributed by atoms with Gasteiger partial charge in [0.05, 0.1) is 12.1 Å². The van der Waals surface area contributed by atoms with Crippen molar-refractivity contribution in [1.29, 1.82) is 0 Å². The maximum Gasteiger partial charge on any atom is 0.452 e. The second kappa shape index (κ2) is 55.4. The number of amides is 10. The molecule has 0 saturated carbocycles. The van der Waals surface area contributed by atoms with Crippen LogP contribution >= 0.6 is 0 Å². The van der Waals surface area contributed by atoms with Gasteiger partial charge in [0.2, 0.25) is 41.4 Å². The molecule has 0 spiro atoms. The van der Waals surface area contributed by atoms with Crippen LogP contribution in [0.2, 0.25) is 0 Å². The summed E-state index contributed by atoms with van der Waals surface area (Å²) >= 11 is 0. The van der Waals surface area contributed by atoms with Gasteiger partial charge in [0.25, 0.3) is 5.78 Å². The summed E-state index contributed by atoms with van der Waals surface area (Å²) in [5.74, 6) is -10.4. The lowest BCUT2D eigenvalue weighted by Crippen LogP contribution is -2.59. The molecule has 33 heteroatoms. The number of benzene rings is 9. The Balaban J connectivity index is 0.000000361. The lowest BCUT2D eigenvalue weighted by molar-refractivity contribution is -0.213. The van der Waals surface area contributed by atoms with Crippen molar-refractivity contribution in [3.63, 3.8) is 0 Å². The van der Waals surface area contributed by atoms with Crippen molar-refractivity contribution >= 4 is 104 Å². The minimum absolute atomic E-state index is 0. The number of hydrogen-bond donors (Lipinski definition) is 12. The Kier molecular flexibility index (Phi) is 46.1. The molecule has 2 aliphatic rings. The summed E-state index contributed by atoms with van der Waals surface area (Å²) in [7, 11) is 0. The topological polar surface area (TPSA) is 393 Å². The second-order valence-corrected chi connectivity index (χ2v) is 34.0. The van der Waals surface area contributed by atoms with Crippen molar-refractivity contribution in [3.05, 3.63) is 252 Å². The van der Waals surface area contributed by atoms with Gasteiger partial charge in [-0.1, -0.05) is 290 Å². The summed E-state index contributed by atoms with van der Waals surface area (Å²) in [4.78, 5) is 155. The van der Waals surface area contributed by atoms with Gasteiger partial charge < -0.3 is 77.6 Å². The Morgan fingerprint density at radius 1 is 0.368 bits per heavy atom. The van der Waals surface area contributed by atoms with E-state index in [1.807, 2.05) is 172 Å². The van der Waals surface area contributed by atoms with E-state index in [0.29, 0.717) is 37.9 Å². The maximum atomic E-state index is 13.9. The summed E-state index contributed by atoms with van der Waals surface area (Å²) in [5.41, 5.74) is 4.56. The van der Waals surface area contributed by atoms with E-state index in [1.165, 1.54) is 0 Å². The van der Waals surface area contributed by atoms with Crippen molar-refractivity contribution in [2.75, 3.05) is 13.1 Å². The quantitative estimate of drug-likeness (QED) is 0.0126. The first-order valence-electron chi connectivity index (χ1n) is 43.9. The zero-order chi connectivity index (χ0) is 95.6. The number of aliphatic hydroxyl groups excluding tert-OH is 1. The second-order valence-electron chi connectivity index (χ2n) is 34.0. The molecule has 12 N–H and O–H groups in total. The van der Waals surface area contributed by atoms with Crippen LogP contribution in [0.25, 0.3) is 32.3 Å². The molecule has 0 radical (unpaired) electrons. The number of ketones is 1. The van der Waals surface area contributed by atoms with Crippen LogP contribution < -0.4 is 53.2 Å². The van der Waals surface area contributed by atoms with Crippen LogP contribution in [0.1, 0.15) is 162 Å². The number of piperidine rings is 2. The molecule has 11 atom stereocenters. The fourth-order valence-electron chi connectivity index (χ4n) is 15.5. The van der Waals surface area contributed by atoms with Gasteiger partial charge in [0.15, 0.2) is 6.10 Å². The molecule has 0 aliphatic carbocycles. The van der Waals surface area contributed by atoms with Crippen molar-refractivity contribution in [3.8, 4) is 0 Å². The number of carbonyl (C=O) groups is 12. The molecule has 10 amide bonds. The largest absolute Gasteiger partial charge is 0.480 e.